The van der Waals surface area contributed by atoms with Crippen LogP contribution in [0.3, 0.4) is 0 Å². The number of carbonyl (C=O) groups is 1. The smallest absolute Gasteiger partial charge is 0.387 e. The molecule has 2 fully saturated rings. The number of oxime groups is 1. The van der Waals surface area contributed by atoms with Crippen molar-refractivity contribution < 1.29 is 32.6 Å². The average molecular weight is 410 g/mol. The fraction of sp³-hybridized carbons (Fsp3) is 0.600. The number of nitrogens with zero attached hydrogens (tertiary/aromatic N) is 2. The van der Waals surface area contributed by atoms with Gasteiger partial charge < -0.3 is 23.9 Å². The van der Waals surface area contributed by atoms with E-state index in [2.05, 4.69) is 9.89 Å². The SMILES string of the molecule is CC(=O)N1CCC[C@@H]1COc1cc(C2=NOC3(CCOC3)C2)ccc1OC(F)F. The van der Waals surface area contributed by atoms with Crippen LogP contribution in [-0.2, 0) is 14.4 Å². The van der Waals surface area contributed by atoms with Crippen LogP contribution < -0.4 is 9.47 Å². The lowest BCUT2D eigenvalue weighted by atomic mass is 9.93. The fourth-order valence-electron chi connectivity index (χ4n) is 4.08. The molecule has 1 aromatic rings. The highest BCUT2D eigenvalue weighted by Crippen LogP contribution is 2.37. The van der Waals surface area contributed by atoms with Crippen LogP contribution in [0.2, 0.25) is 0 Å². The summed E-state index contributed by atoms with van der Waals surface area (Å²) in [6, 6.07) is 4.68. The first kappa shape index (κ1) is 19.9. The van der Waals surface area contributed by atoms with Gasteiger partial charge in [-0.2, -0.15) is 8.78 Å². The summed E-state index contributed by atoms with van der Waals surface area (Å²) in [5.74, 6) is 0.134. The van der Waals surface area contributed by atoms with E-state index >= 15 is 0 Å². The predicted octanol–water partition coefficient (Wildman–Crippen LogP) is 2.96. The predicted molar refractivity (Wildman–Crippen MR) is 99.4 cm³/mol. The van der Waals surface area contributed by atoms with Gasteiger partial charge in [0.15, 0.2) is 17.1 Å². The molecule has 0 bridgehead atoms. The van der Waals surface area contributed by atoms with Gasteiger partial charge in [-0.05, 0) is 31.0 Å². The summed E-state index contributed by atoms with van der Waals surface area (Å²) in [6.45, 7) is 0.566. The summed E-state index contributed by atoms with van der Waals surface area (Å²) in [7, 11) is 0. The molecule has 0 aromatic heterocycles. The largest absolute Gasteiger partial charge is 0.488 e. The fourth-order valence-corrected chi connectivity index (χ4v) is 4.08. The number of amides is 1. The Bertz CT molecular complexity index is 795. The minimum atomic E-state index is -2.96. The molecule has 3 aliphatic heterocycles. The molecule has 3 heterocycles. The Hall–Kier alpha value is -2.42. The number of benzene rings is 1. The van der Waals surface area contributed by atoms with Crippen LogP contribution in [0.4, 0.5) is 8.78 Å². The summed E-state index contributed by atoms with van der Waals surface area (Å²) in [5.41, 5.74) is 1.01. The number of hydrogen-bond donors (Lipinski definition) is 0. The Balaban J connectivity index is 1.51. The molecule has 158 valence electrons. The minimum absolute atomic E-state index is 0.0181. The van der Waals surface area contributed by atoms with E-state index in [1.807, 2.05) is 0 Å². The number of hydrogen-bond acceptors (Lipinski definition) is 6. The summed E-state index contributed by atoms with van der Waals surface area (Å²) >= 11 is 0. The van der Waals surface area contributed by atoms with E-state index in [9.17, 15) is 13.6 Å². The number of rotatable bonds is 6. The van der Waals surface area contributed by atoms with Crippen molar-refractivity contribution in [3.63, 3.8) is 0 Å². The molecule has 2 saturated heterocycles. The molecule has 4 rings (SSSR count). The molecule has 0 radical (unpaired) electrons. The molecule has 2 atom stereocenters. The second kappa shape index (κ2) is 8.14. The van der Waals surface area contributed by atoms with E-state index in [0.717, 1.165) is 30.5 Å². The Kier molecular flexibility index (Phi) is 5.58. The average Bonchev–Trinajstić information content (AvgIpc) is 3.42. The Morgan fingerprint density at radius 1 is 1.41 bits per heavy atom. The minimum Gasteiger partial charge on any atom is -0.488 e. The van der Waals surface area contributed by atoms with Crippen molar-refractivity contribution in [2.75, 3.05) is 26.4 Å². The van der Waals surface area contributed by atoms with Gasteiger partial charge in [0.05, 0.1) is 25.0 Å². The molecule has 1 amide bonds. The van der Waals surface area contributed by atoms with Crippen molar-refractivity contribution >= 4 is 11.6 Å². The van der Waals surface area contributed by atoms with Gasteiger partial charge in [0.25, 0.3) is 0 Å². The van der Waals surface area contributed by atoms with Crippen LogP contribution in [0.25, 0.3) is 0 Å². The first-order chi connectivity index (χ1) is 14.0. The molecule has 29 heavy (non-hydrogen) atoms. The number of ether oxygens (including phenoxy) is 3. The van der Waals surface area contributed by atoms with Gasteiger partial charge in [-0.3, -0.25) is 4.79 Å². The standard InChI is InChI=1S/C20H24F2N2O5/c1-13(25)24-7-2-3-15(24)11-27-18-9-14(4-5-17(18)28-19(21)22)16-10-20(29-23-16)6-8-26-12-20/h4-5,9,15,19H,2-3,6-8,10-12H2,1H3/t15-,20?/m1/s1. The third-order valence-corrected chi connectivity index (χ3v) is 5.61. The molecular formula is C20H24F2N2O5. The summed E-state index contributed by atoms with van der Waals surface area (Å²) < 4.78 is 41.5. The monoisotopic (exact) mass is 410 g/mol. The first-order valence-corrected chi connectivity index (χ1v) is 9.78. The zero-order valence-corrected chi connectivity index (χ0v) is 16.2. The van der Waals surface area contributed by atoms with Crippen LogP contribution in [0.15, 0.2) is 23.4 Å². The van der Waals surface area contributed by atoms with Crippen LogP contribution in [0, 0.1) is 0 Å². The summed E-state index contributed by atoms with van der Waals surface area (Å²) in [5, 5.41) is 4.19. The lowest BCUT2D eigenvalue weighted by molar-refractivity contribution is -0.130. The Morgan fingerprint density at radius 3 is 3.00 bits per heavy atom. The van der Waals surface area contributed by atoms with Crippen molar-refractivity contribution in [2.24, 2.45) is 5.16 Å². The molecule has 0 N–H and O–H groups in total. The van der Waals surface area contributed by atoms with Crippen LogP contribution in [0.1, 0.15) is 38.2 Å². The molecule has 3 aliphatic rings. The van der Waals surface area contributed by atoms with Gasteiger partial charge >= 0.3 is 6.61 Å². The quantitative estimate of drug-likeness (QED) is 0.721. The van der Waals surface area contributed by atoms with Gasteiger partial charge in [-0.1, -0.05) is 5.16 Å². The Morgan fingerprint density at radius 2 is 2.28 bits per heavy atom. The second-order valence-corrected chi connectivity index (χ2v) is 7.65. The van der Waals surface area contributed by atoms with Crippen molar-refractivity contribution in [2.45, 2.75) is 50.9 Å². The van der Waals surface area contributed by atoms with E-state index in [0.29, 0.717) is 26.2 Å². The van der Waals surface area contributed by atoms with E-state index in [1.165, 1.54) is 13.0 Å². The number of halogens is 2. The maximum atomic E-state index is 12.8. The van der Waals surface area contributed by atoms with Gasteiger partial charge in [-0.25, -0.2) is 0 Å². The second-order valence-electron chi connectivity index (χ2n) is 7.65. The molecule has 9 heteroatoms. The molecule has 1 spiro atoms. The molecule has 7 nitrogen and oxygen atoms in total. The highest BCUT2D eigenvalue weighted by molar-refractivity contribution is 6.02. The third-order valence-electron chi connectivity index (χ3n) is 5.61. The summed E-state index contributed by atoms with van der Waals surface area (Å²) in [4.78, 5) is 19.1. The lowest BCUT2D eigenvalue weighted by Crippen LogP contribution is -2.37. The topological polar surface area (TPSA) is 69.6 Å². The zero-order chi connectivity index (χ0) is 20.4. The van der Waals surface area contributed by atoms with Crippen molar-refractivity contribution in [3.8, 4) is 11.5 Å². The lowest BCUT2D eigenvalue weighted by Gasteiger charge is -2.24. The highest BCUT2D eigenvalue weighted by Gasteiger charge is 2.43. The number of alkyl halides is 2. The number of likely N-dealkylation sites (tertiary alicyclic amines) is 1. The normalized spacial score (nSPS) is 26.1. The third kappa shape index (κ3) is 4.29. The van der Waals surface area contributed by atoms with E-state index in [-0.39, 0.29) is 30.1 Å². The summed E-state index contributed by atoms with van der Waals surface area (Å²) in [6.07, 6.45) is 3.06. The van der Waals surface area contributed by atoms with Gasteiger partial charge in [0.2, 0.25) is 5.91 Å². The van der Waals surface area contributed by atoms with E-state index < -0.39 is 12.2 Å². The molecule has 1 unspecified atom stereocenters. The van der Waals surface area contributed by atoms with Crippen molar-refractivity contribution in [1.82, 2.24) is 4.90 Å². The Labute approximate surface area is 167 Å². The molecule has 1 aromatic carbocycles. The van der Waals surface area contributed by atoms with E-state index in [1.54, 1.807) is 17.0 Å². The van der Waals surface area contributed by atoms with Crippen LogP contribution in [-0.4, -0.2) is 61.1 Å². The number of carbonyl (C=O) groups excluding carboxylic acids is 1. The maximum Gasteiger partial charge on any atom is 0.387 e. The van der Waals surface area contributed by atoms with Crippen molar-refractivity contribution in [3.05, 3.63) is 23.8 Å². The van der Waals surface area contributed by atoms with Gasteiger partial charge in [0, 0.05) is 31.9 Å². The van der Waals surface area contributed by atoms with Crippen LogP contribution >= 0.6 is 0 Å². The molecule has 0 saturated carbocycles. The highest BCUT2D eigenvalue weighted by atomic mass is 19.3. The van der Waals surface area contributed by atoms with Crippen molar-refractivity contribution in [1.29, 1.82) is 0 Å². The zero-order valence-electron chi connectivity index (χ0n) is 16.2. The maximum absolute atomic E-state index is 12.8. The van der Waals surface area contributed by atoms with E-state index in [4.69, 9.17) is 14.3 Å². The first-order valence-electron chi connectivity index (χ1n) is 9.78. The molecule has 0 aliphatic carbocycles. The van der Waals surface area contributed by atoms with Crippen LogP contribution in [0.5, 0.6) is 11.5 Å². The van der Waals surface area contributed by atoms with Gasteiger partial charge in [0.1, 0.15) is 6.61 Å². The molecular weight excluding hydrogens is 386 g/mol. The van der Waals surface area contributed by atoms with Gasteiger partial charge in [-0.15, -0.1) is 0 Å².